The Balaban J connectivity index is 1.28. The molecule has 2 aromatic heterocycles. The van der Waals surface area contributed by atoms with Crippen LogP contribution in [0.4, 0.5) is 0 Å². The van der Waals surface area contributed by atoms with E-state index in [2.05, 4.69) is 24.9 Å². The second kappa shape index (κ2) is 8.65. The van der Waals surface area contributed by atoms with Crippen molar-refractivity contribution in [2.45, 2.75) is 27.3 Å². The van der Waals surface area contributed by atoms with Crippen LogP contribution >= 0.6 is 11.3 Å². The number of hydrogen-bond acceptors (Lipinski definition) is 4. The maximum atomic E-state index is 12.5. The number of aryl methyl sites for hydroxylation is 3. The molecule has 29 heavy (non-hydrogen) atoms. The number of hydrogen-bond donors (Lipinski definition) is 3. The Morgan fingerprint density at radius 2 is 1.83 bits per heavy atom. The van der Waals surface area contributed by atoms with E-state index in [1.54, 1.807) is 16.2 Å². The number of nitrogens with zero attached hydrogens (tertiary/aromatic N) is 1. The minimum atomic E-state index is 0.00358. The Kier molecular flexibility index (Phi) is 5.99. The summed E-state index contributed by atoms with van der Waals surface area (Å²) < 4.78 is 5.95. The highest BCUT2D eigenvalue weighted by Gasteiger charge is 2.24. The topological polar surface area (TPSA) is 63.9 Å². The Morgan fingerprint density at radius 1 is 1.10 bits per heavy atom. The number of aromatic nitrogens is 2. The van der Waals surface area contributed by atoms with E-state index in [1.165, 1.54) is 15.3 Å². The first-order chi connectivity index (χ1) is 14.0. The van der Waals surface area contributed by atoms with E-state index >= 15 is 0 Å². The van der Waals surface area contributed by atoms with Crippen molar-refractivity contribution in [2.24, 2.45) is 0 Å². The number of ether oxygens (including phenoxy) is 1. The van der Waals surface area contributed by atoms with Crippen molar-refractivity contribution in [2.75, 3.05) is 39.3 Å². The molecule has 154 valence electrons. The van der Waals surface area contributed by atoms with Gasteiger partial charge in [0.05, 0.1) is 5.39 Å². The van der Waals surface area contributed by atoms with Crippen LogP contribution in [0.3, 0.4) is 0 Å². The summed E-state index contributed by atoms with van der Waals surface area (Å²) in [6.45, 7) is 13.1. The van der Waals surface area contributed by atoms with E-state index in [1.807, 2.05) is 25.1 Å². The lowest BCUT2D eigenvalue weighted by Crippen LogP contribution is -3.27. The average molecular weight is 415 g/mol. The molecule has 0 atom stereocenters. The molecular formula is C22H30N4O2S+2. The third-order valence-electron chi connectivity index (χ3n) is 5.98. The number of para-hydroxylation sites is 1. The predicted octanol–water partition coefficient (Wildman–Crippen LogP) is 0.272. The van der Waals surface area contributed by atoms with Crippen LogP contribution in [-0.2, 0) is 6.54 Å². The molecule has 1 aliphatic rings. The van der Waals surface area contributed by atoms with Gasteiger partial charge < -0.3 is 19.5 Å². The van der Waals surface area contributed by atoms with Gasteiger partial charge in [0.25, 0.3) is 5.56 Å². The second-order valence-corrected chi connectivity index (χ2v) is 9.22. The first-order valence-corrected chi connectivity index (χ1v) is 11.2. The Morgan fingerprint density at radius 3 is 2.59 bits per heavy atom. The molecule has 7 heteroatoms. The summed E-state index contributed by atoms with van der Waals surface area (Å²) in [5.41, 5.74) is 2.25. The molecule has 3 aromatic rings. The lowest BCUT2D eigenvalue weighted by atomic mass is 10.2. The minimum Gasteiger partial charge on any atom is -0.487 e. The fourth-order valence-electron chi connectivity index (χ4n) is 4.03. The second-order valence-electron chi connectivity index (χ2n) is 8.02. The first kappa shape index (κ1) is 20.1. The molecule has 0 saturated carbocycles. The van der Waals surface area contributed by atoms with Crippen LogP contribution in [-0.4, -0.2) is 49.3 Å². The number of nitrogens with one attached hydrogen (secondary N) is 3. The van der Waals surface area contributed by atoms with E-state index in [4.69, 9.17) is 9.72 Å². The average Bonchev–Trinajstić information content (AvgIpc) is 2.99. The van der Waals surface area contributed by atoms with E-state index in [0.717, 1.165) is 73.2 Å². The summed E-state index contributed by atoms with van der Waals surface area (Å²) in [4.78, 5) is 25.3. The number of aromatic amines is 1. The van der Waals surface area contributed by atoms with Crippen LogP contribution in [0.15, 0.2) is 29.1 Å². The molecule has 0 bridgehead atoms. The molecule has 6 nitrogen and oxygen atoms in total. The van der Waals surface area contributed by atoms with Gasteiger partial charge in [-0.25, -0.2) is 4.98 Å². The number of H-pyrrole nitrogens is 1. The van der Waals surface area contributed by atoms with Gasteiger partial charge in [-0.15, -0.1) is 11.3 Å². The van der Waals surface area contributed by atoms with Crippen molar-refractivity contribution in [3.8, 4) is 5.75 Å². The Labute approximate surface area is 175 Å². The van der Waals surface area contributed by atoms with Gasteiger partial charge in [0.15, 0.2) is 5.82 Å². The summed E-state index contributed by atoms with van der Waals surface area (Å²) in [6, 6.07) is 8.18. The highest BCUT2D eigenvalue weighted by molar-refractivity contribution is 7.18. The lowest BCUT2D eigenvalue weighted by Gasteiger charge is -2.29. The van der Waals surface area contributed by atoms with Crippen LogP contribution in [0.5, 0.6) is 5.75 Å². The van der Waals surface area contributed by atoms with Gasteiger partial charge in [-0.3, -0.25) is 4.79 Å². The number of quaternary nitrogens is 2. The summed E-state index contributed by atoms with van der Waals surface area (Å²) in [6.07, 6.45) is 0. The highest BCUT2D eigenvalue weighted by atomic mass is 32.1. The third-order valence-corrected chi connectivity index (χ3v) is 7.08. The predicted molar refractivity (Wildman–Crippen MR) is 116 cm³/mol. The van der Waals surface area contributed by atoms with Crippen molar-refractivity contribution in [3.05, 3.63) is 56.4 Å². The van der Waals surface area contributed by atoms with E-state index in [0.29, 0.717) is 0 Å². The van der Waals surface area contributed by atoms with E-state index in [-0.39, 0.29) is 5.56 Å². The largest absolute Gasteiger partial charge is 0.487 e. The summed E-state index contributed by atoms with van der Waals surface area (Å²) in [5, 5.41) is 0.758. The monoisotopic (exact) mass is 414 g/mol. The zero-order valence-corrected chi connectivity index (χ0v) is 18.2. The van der Waals surface area contributed by atoms with Crippen molar-refractivity contribution >= 4 is 21.6 Å². The molecule has 1 aliphatic heterocycles. The molecule has 0 amide bonds. The minimum absolute atomic E-state index is 0.00358. The molecule has 0 aliphatic carbocycles. The molecule has 4 rings (SSSR count). The van der Waals surface area contributed by atoms with Crippen LogP contribution < -0.4 is 20.1 Å². The molecule has 1 saturated heterocycles. The van der Waals surface area contributed by atoms with Gasteiger partial charge in [0, 0.05) is 4.88 Å². The van der Waals surface area contributed by atoms with Crippen molar-refractivity contribution in [1.82, 2.24) is 9.97 Å². The van der Waals surface area contributed by atoms with Crippen molar-refractivity contribution < 1.29 is 14.5 Å². The SMILES string of the molecule is Cc1ccccc1OCC[NH+]1CC[NH+](Cc2nc3sc(C)c(C)c3c(=O)[nH]2)CC1. The number of benzene rings is 1. The normalized spacial score (nSPS) is 19.6. The number of piperazine rings is 1. The fourth-order valence-corrected chi connectivity index (χ4v) is 5.08. The van der Waals surface area contributed by atoms with E-state index < -0.39 is 0 Å². The molecule has 3 heterocycles. The maximum Gasteiger partial charge on any atom is 0.260 e. The maximum absolute atomic E-state index is 12.5. The number of rotatable bonds is 6. The van der Waals surface area contributed by atoms with Crippen LogP contribution in [0.1, 0.15) is 21.8 Å². The molecule has 0 radical (unpaired) electrons. The van der Waals surface area contributed by atoms with Gasteiger partial charge in [-0.2, -0.15) is 0 Å². The first-order valence-electron chi connectivity index (χ1n) is 10.4. The van der Waals surface area contributed by atoms with Gasteiger partial charge in [-0.05, 0) is 38.0 Å². The quantitative estimate of drug-likeness (QED) is 0.543. The number of fused-ring (bicyclic) bond motifs is 1. The van der Waals surface area contributed by atoms with Crippen molar-refractivity contribution in [3.63, 3.8) is 0 Å². The zero-order valence-electron chi connectivity index (χ0n) is 17.4. The lowest BCUT2D eigenvalue weighted by molar-refractivity contribution is -1.02. The smallest absolute Gasteiger partial charge is 0.260 e. The van der Waals surface area contributed by atoms with Gasteiger partial charge >= 0.3 is 0 Å². The van der Waals surface area contributed by atoms with Gasteiger partial charge in [-0.1, -0.05) is 18.2 Å². The molecule has 1 aromatic carbocycles. The van der Waals surface area contributed by atoms with E-state index in [9.17, 15) is 4.79 Å². The Bertz CT molecular complexity index is 1050. The molecular weight excluding hydrogens is 384 g/mol. The highest BCUT2D eigenvalue weighted by Crippen LogP contribution is 2.25. The summed E-state index contributed by atoms with van der Waals surface area (Å²) in [7, 11) is 0. The van der Waals surface area contributed by atoms with Gasteiger partial charge in [0.2, 0.25) is 0 Å². The molecule has 1 fully saturated rings. The van der Waals surface area contributed by atoms with Crippen LogP contribution in [0.25, 0.3) is 10.2 Å². The van der Waals surface area contributed by atoms with Crippen LogP contribution in [0, 0.1) is 20.8 Å². The third kappa shape index (κ3) is 4.52. The van der Waals surface area contributed by atoms with Crippen LogP contribution in [0.2, 0.25) is 0 Å². The summed E-state index contributed by atoms with van der Waals surface area (Å²) >= 11 is 1.62. The zero-order chi connectivity index (χ0) is 20.4. The standard InChI is InChI=1S/C22H28N4O2S/c1-15-6-4-5-7-18(15)28-13-12-25-8-10-26(11-9-25)14-19-23-21(27)20-16(2)17(3)29-22(20)24-19/h4-7H,8-14H2,1-3H3,(H,23,24,27)/p+2. The Hall–Kier alpha value is -2.22. The summed E-state index contributed by atoms with van der Waals surface area (Å²) in [5.74, 6) is 1.80. The molecule has 3 N–H and O–H groups in total. The number of thiophene rings is 1. The molecule has 0 unspecified atom stereocenters. The van der Waals surface area contributed by atoms with Gasteiger partial charge in [0.1, 0.15) is 56.5 Å². The van der Waals surface area contributed by atoms with Crippen molar-refractivity contribution in [1.29, 1.82) is 0 Å². The fraction of sp³-hybridized carbons (Fsp3) is 0.455. The molecule has 0 spiro atoms.